The molecule has 2 aromatic carbocycles. The first kappa shape index (κ1) is 17.0. The van der Waals surface area contributed by atoms with Crippen LogP contribution in [0.25, 0.3) is 0 Å². The van der Waals surface area contributed by atoms with Gasteiger partial charge in [-0.15, -0.1) is 0 Å². The predicted molar refractivity (Wildman–Crippen MR) is 95.1 cm³/mol. The highest BCUT2D eigenvalue weighted by Gasteiger charge is 2.34. The number of methoxy groups -OCH3 is 1. The van der Waals surface area contributed by atoms with E-state index in [1.807, 2.05) is 48.5 Å². The Balaban J connectivity index is 1.77. The van der Waals surface area contributed by atoms with Gasteiger partial charge in [-0.2, -0.15) is 0 Å². The van der Waals surface area contributed by atoms with Crippen molar-refractivity contribution in [1.29, 1.82) is 0 Å². The molecule has 25 heavy (non-hydrogen) atoms. The minimum atomic E-state index is -0.569. The van der Waals surface area contributed by atoms with Crippen LogP contribution >= 0.6 is 0 Å². The Hall–Kier alpha value is -2.82. The summed E-state index contributed by atoms with van der Waals surface area (Å²) in [5.41, 5.74) is 3.02. The first-order valence-electron chi connectivity index (χ1n) is 8.36. The maximum Gasteiger partial charge on any atom is 0.247 e. The lowest BCUT2D eigenvalue weighted by molar-refractivity contribution is -0.139. The molecule has 2 amide bonds. The lowest BCUT2D eigenvalue weighted by Gasteiger charge is -2.35. The van der Waals surface area contributed by atoms with Crippen LogP contribution in [0.4, 0.5) is 0 Å². The molecule has 130 valence electrons. The third-order valence-electron chi connectivity index (χ3n) is 4.56. The van der Waals surface area contributed by atoms with E-state index in [2.05, 4.69) is 5.32 Å². The number of hydrogen-bond acceptors (Lipinski definition) is 3. The molecule has 2 aromatic rings. The number of nitrogens with one attached hydrogen (secondary N) is 1. The van der Waals surface area contributed by atoms with Gasteiger partial charge in [0.25, 0.3) is 0 Å². The second kappa shape index (κ2) is 7.38. The van der Waals surface area contributed by atoms with Crippen LogP contribution in [0.1, 0.15) is 29.7 Å². The number of hydrogen-bond donors (Lipinski definition) is 1. The van der Waals surface area contributed by atoms with Gasteiger partial charge in [0.15, 0.2) is 0 Å². The zero-order chi connectivity index (χ0) is 17.8. The Labute approximate surface area is 147 Å². The van der Waals surface area contributed by atoms with Crippen molar-refractivity contribution in [3.63, 3.8) is 0 Å². The number of ether oxygens (including phenoxy) is 1. The lowest BCUT2D eigenvalue weighted by atomic mass is 9.92. The highest BCUT2D eigenvalue weighted by atomic mass is 16.5. The molecule has 0 bridgehead atoms. The molecule has 1 heterocycles. The normalized spacial score (nSPS) is 16.1. The van der Waals surface area contributed by atoms with Gasteiger partial charge in [0, 0.05) is 20.0 Å². The fourth-order valence-corrected chi connectivity index (χ4v) is 3.22. The maximum atomic E-state index is 12.8. The summed E-state index contributed by atoms with van der Waals surface area (Å²) in [6.07, 6.45) is 0.776. The van der Waals surface area contributed by atoms with Gasteiger partial charge in [0.05, 0.1) is 7.11 Å². The van der Waals surface area contributed by atoms with E-state index in [1.165, 1.54) is 6.92 Å². The SMILES string of the molecule is COc1ccc(CNC(=O)C2c3ccccc3CCN2C(C)=O)cc1. The summed E-state index contributed by atoms with van der Waals surface area (Å²) < 4.78 is 5.14. The average Bonchev–Trinajstić information content (AvgIpc) is 2.65. The maximum absolute atomic E-state index is 12.8. The minimum Gasteiger partial charge on any atom is -0.497 e. The smallest absolute Gasteiger partial charge is 0.247 e. The molecule has 0 saturated carbocycles. The molecule has 1 aliphatic heterocycles. The third-order valence-corrected chi connectivity index (χ3v) is 4.56. The fraction of sp³-hybridized carbons (Fsp3) is 0.300. The van der Waals surface area contributed by atoms with Crippen LogP contribution < -0.4 is 10.1 Å². The molecule has 1 aliphatic rings. The summed E-state index contributed by atoms with van der Waals surface area (Å²) in [5, 5.41) is 2.96. The number of carbonyl (C=O) groups excluding carboxylic acids is 2. The largest absolute Gasteiger partial charge is 0.497 e. The number of amides is 2. The number of rotatable bonds is 4. The fourth-order valence-electron chi connectivity index (χ4n) is 3.22. The molecular weight excluding hydrogens is 316 g/mol. The number of fused-ring (bicyclic) bond motifs is 1. The average molecular weight is 338 g/mol. The zero-order valence-electron chi connectivity index (χ0n) is 14.5. The van der Waals surface area contributed by atoms with Crippen LogP contribution in [0.3, 0.4) is 0 Å². The van der Waals surface area contributed by atoms with Crippen LogP contribution in [0.2, 0.25) is 0 Å². The Morgan fingerprint density at radius 1 is 1.16 bits per heavy atom. The van der Waals surface area contributed by atoms with E-state index in [4.69, 9.17) is 4.74 Å². The van der Waals surface area contributed by atoms with Gasteiger partial charge in [-0.3, -0.25) is 9.59 Å². The molecule has 0 saturated heterocycles. The second-order valence-corrected chi connectivity index (χ2v) is 6.13. The molecule has 3 rings (SSSR count). The van der Waals surface area contributed by atoms with Crippen molar-refractivity contribution in [2.24, 2.45) is 0 Å². The van der Waals surface area contributed by atoms with Crippen molar-refractivity contribution < 1.29 is 14.3 Å². The number of nitrogens with zero attached hydrogens (tertiary/aromatic N) is 1. The molecule has 1 unspecified atom stereocenters. The highest BCUT2D eigenvalue weighted by molar-refractivity contribution is 5.88. The third kappa shape index (κ3) is 3.65. The van der Waals surface area contributed by atoms with Gasteiger partial charge < -0.3 is 15.0 Å². The van der Waals surface area contributed by atoms with Crippen molar-refractivity contribution in [3.05, 3.63) is 65.2 Å². The standard InChI is InChI=1S/C20H22N2O3/c1-14(23)22-12-11-16-5-3-4-6-18(16)19(22)20(24)21-13-15-7-9-17(25-2)10-8-15/h3-10,19H,11-13H2,1-2H3,(H,21,24). The summed E-state index contributed by atoms with van der Waals surface area (Å²) in [4.78, 5) is 26.5. The van der Waals surface area contributed by atoms with Gasteiger partial charge in [-0.25, -0.2) is 0 Å². The van der Waals surface area contributed by atoms with E-state index in [9.17, 15) is 9.59 Å². The summed E-state index contributed by atoms with van der Waals surface area (Å²) >= 11 is 0. The molecular formula is C20H22N2O3. The van der Waals surface area contributed by atoms with Gasteiger partial charge >= 0.3 is 0 Å². The molecule has 0 radical (unpaired) electrons. The summed E-state index contributed by atoms with van der Waals surface area (Å²) in [6.45, 7) is 2.48. The molecule has 0 aliphatic carbocycles. The summed E-state index contributed by atoms with van der Waals surface area (Å²) in [7, 11) is 1.62. The molecule has 5 heteroatoms. The Kier molecular flexibility index (Phi) is 5.03. The van der Waals surface area contributed by atoms with E-state index in [1.54, 1.807) is 12.0 Å². The van der Waals surface area contributed by atoms with Gasteiger partial charge in [0.1, 0.15) is 11.8 Å². The van der Waals surface area contributed by atoms with Crippen molar-refractivity contribution >= 4 is 11.8 Å². The summed E-state index contributed by atoms with van der Waals surface area (Å²) in [5.74, 6) is 0.538. The predicted octanol–water partition coefficient (Wildman–Crippen LogP) is 2.46. The first-order chi connectivity index (χ1) is 12.1. The van der Waals surface area contributed by atoms with Crippen LogP contribution in [-0.2, 0) is 22.6 Å². The minimum absolute atomic E-state index is 0.0842. The number of benzene rings is 2. The van der Waals surface area contributed by atoms with Crippen molar-refractivity contribution in [3.8, 4) is 5.75 Å². The van der Waals surface area contributed by atoms with Gasteiger partial charge in [-0.1, -0.05) is 36.4 Å². The van der Waals surface area contributed by atoms with E-state index in [0.29, 0.717) is 13.1 Å². The van der Waals surface area contributed by atoms with Crippen molar-refractivity contribution in [1.82, 2.24) is 10.2 Å². The number of carbonyl (C=O) groups is 2. The van der Waals surface area contributed by atoms with Crippen molar-refractivity contribution in [2.75, 3.05) is 13.7 Å². The topological polar surface area (TPSA) is 58.6 Å². The lowest BCUT2D eigenvalue weighted by Crippen LogP contribution is -2.46. The van der Waals surface area contributed by atoms with Crippen LogP contribution in [0.15, 0.2) is 48.5 Å². The molecule has 0 spiro atoms. The van der Waals surface area contributed by atoms with Crippen molar-refractivity contribution in [2.45, 2.75) is 25.9 Å². The van der Waals surface area contributed by atoms with Gasteiger partial charge in [0.2, 0.25) is 11.8 Å². The molecule has 5 nitrogen and oxygen atoms in total. The summed E-state index contributed by atoms with van der Waals surface area (Å²) in [6, 6.07) is 14.8. The molecule has 0 aromatic heterocycles. The quantitative estimate of drug-likeness (QED) is 0.932. The Bertz CT molecular complexity index is 771. The van der Waals surface area contributed by atoms with Gasteiger partial charge in [-0.05, 0) is 35.2 Å². The highest BCUT2D eigenvalue weighted by Crippen LogP contribution is 2.30. The Morgan fingerprint density at radius 3 is 2.56 bits per heavy atom. The monoisotopic (exact) mass is 338 g/mol. The zero-order valence-corrected chi connectivity index (χ0v) is 14.5. The van der Waals surface area contributed by atoms with E-state index >= 15 is 0 Å². The molecule has 0 fully saturated rings. The van der Waals surface area contributed by atoms with E-state index in [-0.39, 0.29) is 11.8 Å². The van der Waals surface area contributed by atoms with Crippen LogP contribution in [-0.4, -0.2) is 30.4 Å². The Morgan fingerprint density at radius 2 is 1.88 bits per heavy atom. The van der Waals surface area contributed by atoms with E-state index < -0.39 is 6.04 Å². The van der Waals surface area contributed by atoms with Crippen LogP contribution in [0.5, 0.6) is 5.75 Å². The first-order valence-corrected chi connectivity index (χ1v) is 8.36. The molecule has 1 N–H and O–H groups in total. The van der Waals surface area contributed by atoms with Crippen LogP contribution in [0, 0.1) is 0 Å². The van der Waals surface area contributed by atoms with E-state index in [0.717, 1.165) is 28.9 Å². The molecule has 1 atom stereocenters. The second-order valence-electron chi connectivity index (χ2n) is 6.13.